The number of rotatable bonds is 4. The minimum Gasteiger partial charge on any atom is -0.351 e. The molecule has 2 aromatic carbocycles. The van der Waals surface area contributed by atoms with E-state index in [1.54, 1.807) is 0 Å². The molecule has 1 amide bonds. The fourth-order valence-corrected chi connectivity index (χ4v) is 3.39. The van der Waals surface area contributed by atoms with Crippen LogP contribution in [0.1, 0.15) is 36.1 Å². The molecule has 2 N–H and O–H groups in total. The Bertz CT molecular complexity index is 1060. The van der Waals surface area contributed by atoms with Crippen LogP contribution in [0.3, 0.4) is 0 Å². The van der Waals surface area contributed by atoms with Crippen LogP contribution in [0.4, 0.5) is 0 Å². The number of aromatic nitrogens is 3. The van der Waals surface area contributed by atoms with Crippen molar-refractivity contribution in [1.29, 1.82) is 0 Å². The molecule has 0 aliphatic rings. The standard InChI is InChI=1S/C21H22N4O/c1-13(2)19(20-22-16-8-4-5-9-17(16)23-20)24-21(26)15-7-6-10-18-14(15)11-12-25(18)3/h4-13,19H,1-3H3,(H,22,23)(H,24,26)/t19-/m1/s1. The van der Waals surface area contributed by atoms with Crippen LogP contribution in [0, 0.1) is 5.92 Å². The molecule has 0 fully saturated rings. The van der Waals surface area contributed by atoms with E-state index < -0.39 is 0 Å². The number of para-hydroxylation sites is 2. The molecule has 4 aromatic rings. The number of nitrogens with one attached hydrogen (secondary N) is 2. The first-order chi connectivity index (χ1) is 12.5. The summed E-state index contributed by atoms with van der Waals surface area (Å²) in [6.07, 6.45) is 1.97. The quantitative estimate of drug-likeness (QED) is 0.582. The van der Waals surface area contributed by atoms with E-state index >= 15 is 0 Å². The minimum atomic E-state index is -0.186. The van der Waals surface area contributed by atoms with Crippen LogP contribution in [-0.4, -0.2) is 20.4 Å². The van der Waals surface area contributed by atoms with Gasteiger partial charge in [-0.3, -0.25) is 4.79 Å². The summed E-state index contributed by atoms with van der Waals surface area (Å²) in [5.41, 5.74) is 3.62. The number of carbonyl (C=O) groups excluding carboxylic acids is 1. The summed E-state index contributed by atoms with van der Waals surface area (Å²) in [7, 11) is 1.98. The number of hydrogen-bond acceptors (Lipinski definition) is 2. The first-order valence-corrected chi connectivity index (χ1v) is 8.84. The van der Waals surface area contributed by atoms with Gasteiger partial charge in [-0.05, 0) is 36.2 Å². The maximum absolute atomic E-state index is 13.0. The average molecular weight is 346 g/mol. The van der Waals surface area contributed by atoms with E-state index in [2.05, 4.69) is 29.1 Å². The first kappa shape index (κ1) is 16.4. The molecule has 2 heterocycles. The van der Waals surface area contributed by atoms with Crippen molar-refractivity contribution in [2.24, 2.45) is 13.0 Å². The zero-order chi connectivity index (χ0) is 18.3. The molecule has 5 nitrogen and oxygen atoms in total. The Balaban J connectivity index is 1.69. The SMILES string of the molecule is CC(C)[C@@H](NC(=O)c1cccc2c1ccn2C)c1nc2ccccc2[nH]1. The number of H-pyrrole nitrogens is 1. The van der Waals surface area contributed by atoms with Crippen LogP contribution in [0.25, 0.3) is 21.9 Å². The zero-order valence-electron chi connectivity index (χ0n) is 15.2. The van der Waals surface area contributed by atoms with Gasteiger partial charge in [0.05, 0.1) is 17.1 Å². The molecule has 0 radical (unpaired) electrons. The van der Waals surface area contributed by atoms with E-state index in [1.807, 2.05) is 66.3 Å². The van der Waals surface area contributed by atoms with Gasteiger partial charge in [0, 0.05) is 29.7 Å². The third kappa shape index (κ3) is 2.75. The fraction of sp³-hybridized carbons (Fsp3) is 0.238. The highest BCUT2D eigenvalue weighted by molar-refractivity contribution is 6.06. The lowest BCUT2D eigenvalue weighted by atomic mass is 10.0. The van der Waals surface area contributed by atoms with Gasteiger partial charge in [-0.2, -0.15) is 0 Å². The largest absolute Gasteiger partial charge is 0.351 e. The number of amides is 1. The molecular weight excluding hydrogens is 324 g/mol. The number of aromatic amines is 1. The van der Waals surface area contributed by atoms with Crippen LogP contribution >= 0.6 is 0 Å². The van der Waals surface area contributed by atoms with Gasteiger partial charge in [-0.15, -0.1) is 0 Å². The molecule has 0 bridgehead atoms. The summed E-state index contributed by atoms with van der Waals surface area (Å²) in [4.78, 5) is 21.0. The summed E-state index contributed by atoms with van der Waals surface area (Å²) in [5, 5.41) is 4.13. The van der Waals surface area contributed by atoms with E-state index in [0.717, 1.165) is 27.8 Å². The van der Waals surface area contributed by atoms with Gasteiger partial charge in [0.2, 0.25) is 0 Å². The van der Waals surface area contributed by atoms with Gasteiger partial charge in [0.15, 0.2) is 0 Å². The van der Waals surface area contributed by atoms with Crippen LogP contribution in [0.5, 0.6) is 0 Å². The first-order valence-electron chi connectivity index (χ1n) is 8.84. The third-order valence-electron chi connectivity index (χ3n) is 4.83. The number of nitrogens with zero attached hydrogens (tertiary/aromatic N) is 2. The lowest BCUT2D eigenvalue weighted by molar-refractivity contribution is 0.0925. The second kappa shape index (κ2) is 6.33. The monoisotopic (exact) mass is 346 g/mol. The van der Waals surface area contributed by atoms with Gasteiger partial charge in [-0.1, -0.05) is 32.0 Å². The Morgan fingerprint density at radius 3 is 2.69 bits per heavy atom. The van der Waals surface area contributed by atoms with E-state index in [0.29, 0.717) is 5.56 Å². The summed E-state index contributed by atoms with van der Waals surface area (Å²) in [6.45, 7) is 4.17. The summed E-state index contributed by atoms with van der Waals surface area (Å²) >= 11 is 0. The predicted molar refractivity (Wildman–Crippen MR) is 104 cm³/mol. The van der Waals surface area contributed by atoms with Gasteiger partial charge in [-0.25, -0.2) is 4.98 Å². The maximum atomic E-state index is 13.0. The molecule has 0 saturated carbocycles. The maximum Gasteiger partial charge on any atom is 0.252 e. The van der Waals surface area contributed by atoms with E-state index in [4.69, 9.17) is 0 Å². The van der Waals surface area contributed by atoms with Crippen LogP contribution in [-0.2, 0) is 7.05 Å². The molecule has 1 atom stereocenters. The zero-order valence-corrected chi connectivity index (χ0v) is 15.2. The van der Waals surface area contributed by atoms with Crippen LogP contribution < -0.4 is 5.32 Å². The molecule has 5 heteroatoms. The normalized spacial score (nSPS) is 12.8. The number of aryl methyl sites for hydroxylation is 1. The summed E-state index contributed by atoms with van der Waals surface area (Å²) < 4.78 is 2.02. The smallest absolute Gasteiger partial charge is 0.252 e. The van der Waals surface area contributed by atoms with Crippen molar-refractivity contribution in [3.63, 3.8) is 0 Å². The van der Waals surface area contributed by atoms with Gasteiger partial charge < -0.3 is 14.9 Å². The van der Waals surface area contributed by atoms with Crippen molar-refractivity contribution in [1.82, 2.24) is 19.9 Å². The molecule has 26 heavy (non-hydrogen) atoms. The molecule has 132 valence electrons. The van der Waals surface area contributed by atoms with E-state index in [9.17, 15) is 4.79 Å². The molecule has 2 aromatic heterocycles. The molecule has 0 unspecified atom stereocenters. The highest BCUT2D eigenvalue weighted by Crippen LogP contribution is 2.24. The number of carbonyl (C=O) groups is 1. The second-order valence-corrected chi connectivity index (χ2v) is 7.00. The fourth-order valence-electron chi connectivity index (χ4n) is 3.39. The van der Waals surface area contributed by atoms with Crippen LogP contribution in [0.2, 0.25) is 0 Å². The lowest BCUT2D eigenvalue weighted by Crippen LogP contribution is -2.32. The number of hydrogen-bond donors (Lipinski definition) is 2. The van der Waals surface area contributed by atoms with Gasteiger partial charge in [0.1, 0.15) is 5.82 Å². The molecule has 0 saturated heterocycles. The Morgan fingerprint density at radius 2 is 1.92 bits per heavy atom. The highest BCUT2D eigenvalue weighted by atomic mass is 16.1. The average Bonchev–Trinajstić information content (AvgIpc) is 3.22. The Hall–Kier alpha value is -3.08. The van der Waals surface area contributed by atoms with Crippen molar-refractivity contribution in [3.8, 4) is 0 Å². The molecule has 4 rings (SSSR count). The second-order valence-electron chi connectivity index (χ2n) is 7.00. The third-order valence-corrected chi connectivity index (χ3v) is 4.83. The van der Waals surface area contributed by atoms with Crippen molar-refractivity contribution >= 4 is 27.8 Å². The Labute approximate surface area is 152 Å². The molecule has 0 aliphatic heterocycles. The van der Waals surface area contributed by atoms with Crippen molar-refractivity contribution in [2.45, 2.75) is 19.9 Å². The Kier molecular flexibility index (Phi) is 3.99. The van der Waals surface area contributed by atoms with Crippen LogP contribution in [0.15, 0.2) is 54.7 Å². The van der Waals surface area contributed by atoms with E-state index in [-0.39, 0.29) is 17.9 Å². The number of imidazole rings is 1. The Morgan fingerprint density at radius 1 is 1.12 bits per heavy atom. The van der Waals surface area contributed by atoms with Gasteiger partial charge >= 0.3 is 0 Å². The number of fused-ring (bicyclic) bond motifs is 2. The summed E-state index contributed by atoms with van der Waals surface area (Å²) in [6, 6.07) is 15.5. The minimum absolute atomic E-state index is 0.0824. The van der Waals surface area contributed by atoms with Crippen molar-refractivity contribution in [3.05, 3.63) is 66.1 Å². The number of benzene rings is 2. The van der Waals surface area contributed by atoms with E-state index in [1.165, 1.54) is 0 Å². The lowest BCUT2D eigenvalue weighted by Gasteiger charge is -2.20. The highest BCUT2D eigenvalue weighted by Gasteiger charge is 2.23. The topological polar surface area (TPSA) is 62.7 Å². The molecular formula is C21H22N4O. The molecule has 0 aliphatic carbocycles. The van der Waals surface area contributed by atoms with Crippen molar-refractivity contribution < 1.29 is 4.79 Å². The summed E-state index contributed by atoms with van der Waals surface area (Å²) in [5.74, 6) is 0.908. The molecule has 0 spiro atoms. The van der Waals surface area contributed by atoms with Crippen molar-refractivity contribution in [2.75, 3.05) is 0 Å². The predicted octanol–water partition coefficient (Wildman–Crippen LogP) is 4.18. The van der Waals surface area contributed by atoms with Gasteiger partial charge in [0.25, 0.3) is 5.91 Å².